The van der Waals surface area contributed by atoms with Gasteiger partial charge in [0.1, 0.15) is 0 Å². The Balaban J connectivity index is 1.88. The van der Waals surface area contributed by atoms with Crippen molar-refractivity contribution in [1.82, 2.24) is 4.31 Å². The molecule has 2 aliphatic carbocycles. The maximum Gasteiger partial charge on any atom is 0.0205 e. The smallest absolute Gasteiger partial charge is 0.0205 e. The Bertz CT molecular complexity index is 153. The third-order valence-corrected chi connectivity index (χ3v) is 5.10. The van der Waals surface area contributed by atoms with Crippen molar-refractivity contribution in [3.63, 3.8) is 0 Å². The van der Waals surface area contributed by atoms with Crippen LogP contribution in [0.5, 0.6) is 0 Å². The number of rotatable bonds is 3. The van der Waals surface area contributed by atoms with Crippen LogP contribution in [0.4, 0.5) is 0 Å². The van der Waals surface area contributed by atoms with Crippen LogP contribution in [0, 0.1) is 0 Å². The Morgan fingerprint density at radius 2 is 1.13 bits per heavy atom. The molecule has 0 bridgehead atoms. The van der Waals surface area contributed by atoms with E-state index in [4.69, 9.17) is 0 Å². The summed E-state index contributed by atoms with van der Waals surface area (Å²) in [5.74, 6) is 0. The maximum atomic E-state index is 2.76. The zero-order valence-corrected chi connectivity index (χ0v) is 10.9. The highest BCUT2D eigenvalue weighted by Crippen LogP contribution is 2.33. The van der Waals surface area contributed by atoms with E-state index in [0.29, 0.717) is 0 Å². The predicted octanol–water partition coefficient (Wildman–Crippen LogP) is 4.23. The predicted molar refractivity (Wildman–Crippen MR) is 69.1 cm³/mol. The van der Waals surface area contributed by atoms with Crippen LogP contribution in [-0.2, 0) is 0 Å². The van der Waals surface area contributed by atoms with Crippen molar-refractivity contribution in [2.75, 3.05) is 6.26 Å². The van der Waals surface area contributed by atoms with Gasteiger partial charge in [0.15, 0.2) is 0 Å². The van der Waals surface area contributed by atoms with Gasteiger partial charge >= 0.3 is 0 Å². The van der Waals surface area contributed by atoms with Crippen molar-refractivity contribution < 1.29 is 0 Å². The van der Waals surface area contributed by atoms with E-state index in [1.807, 2.05) is 11.9 Å². The van der Waals surface area contributed by atoms with Crippen LogP contribution in [0.1, 0.15) is 64.2 Å². The Morgan fingerprint density at radius 1 is 0.733 bits per heavy atom. The van der Waals surface area contributed by atoms with Crippen molar-refractivity contribution in [3.05, 3.63) is 0 Å². The van der Waals surface area contributed by atoms with Gasteiger partial charge < -0.3 is 0 Å². The van der Waals surface area contributed by atoms with Gasteiger partial charge in [-0.25, -0.2) is 4.31 Å². The summed E-state index contributed by atoms with van der Waals surface area (Å²) < 4.78 is 2.76. The Kier molecular flexibility index (Phi) is 4.83. The molecule has 2 rings (SSSR count). The molecular formula is C13H25NS. The number of hydrogen-bond acceptors (Lipinski definition) is 2. The molecule has 88 valence electrons. The highest BCUT2D eigenvalue weighted by atomic mass is 32.2. The van der Waals surface area contributed by atoms with Crippen LogP contribution in [0.25, 0.3) is 0 Å². The summed E-state index contributed by atoms with van der Waals surface area (Å²) in [4.78, 5) is 0. The molecule has 0 radical (unpaired) electrons. The first-order valence-electron chi connectivity index (χ1n) is 6.74. The van der Waals surface area contributed by atoms with Crippen molar-refractivity contribution >= 4 is 11.9 Å². The highest BCUT2D eigenvalue weighted by molar-refractivity contribution is 7.96. The summed E-state index contributed by atoms with van der Waals surface area (Å²) in [6.45, 7) is 0. The molecular weight excluding hydrogens is 202 g/mol. The van der Waals surface area contributed by atoms with Crippen molar-refractivity contribution in [2.24, 2.45) is 0 Å². The lowest BCUT2D eigenvalue weighted by Gasteiger charge is -2.39. The van der Waals surface area contributed by atoms with E-state index in [1.54, 1.807) is 0 Å². The standard InChI is InChI=1S/C13H25NS/c1-15-14(12-8-4-2-5-9-12)13-10-6-3-7-11-13/h12-13H,2-11H2,1H3. The zero-order valence-electron chi connectivity index (χ0n) is 10.1. The quantitative estimate of drug-likeness (QED) is 0.664. The lowest BCUT2D eigenvalue weighted by atomic mass is 9.91. The van der Waals surface area contributed by atoms with Gasteiger partial charge in [-0.2, -0.15) is 0 Å². The summed E-state index contributed by atoms with van der Waals surface area (Å²) >= 11 is 2.02. The van der Waals surface area contributed by atoms with E-state index in [1.165, 1.54) is 64.2 Å². The molecule has 2 fully saturated rings. The van der Waals surface area contributed by atoms with E-state index < -0.39 is 0 Å². The molecule has 15 heavy (non-hydrogen) atoms. The van der Waals surface area contributed by atoms with Crippen LogP contribution in [0.2, 0.25) is 0 Å². The van der Waals surface area contributed by atoms with E-state index >= 15 is 0 Å². The molecule has 2 saturated carbocycles. The Hall–Kier alpha value is 0.310. The summed E-state index contributed by atoms with van der Waals surface area (Å²) in [5.41, 5.74) is 0. The zero-order chi connectivity index (χ0) is 10.5. The van der Waals surface area contributed by atoms with Gasteiger partial charge in [-0.1, -0.05) is 50.5 Å². The van der Waals surface area contributed by atoms with Crippen LogP contribution >= 0.6 is 11.9 Å². The second-order valence-electron chi connectivity index (χ2n) is 5.13. The molecule has 0 aromatic carbocycles. The molecule has 0 amide bonds. The second-order valence-corrected chi connectivity index (χ2v) is 5.91. The number of hydrogen-bond donors (Lipinski definition) is 0. The van der Waals surface area contributed by atoms with Crippen molar-refractivity contribution in [2.45, 2.75) is 76.3 Å². The molecule has 0 unspecified atom stereocenters. The molecule has 2 aliphatic rings. The van der Waals surface area contributed by atoms with Gasteiger partial charge in [-0.05, 0) is 31.9 Å². The van der Waals surface area contributed by atoms with Crippen molar-refractivity contribution in [3.8, 4) is 0 Å². The third kappa shape index (κ3) is 3.13. The minimum Gasteiger partial charge on any atom is -0.245 e. The number of nitrogens with zero attached hydrogens (tertiary/aromatic N) is 1. The molecule has 0 heterocycles. The van der Waals surface area contributed by atoms with Crippen LogP contribution in [0.3, 0.4) is 0 Å². The molecule has 0 aromatic rings. The van der Waals surface area contributed by atoms with Crippen molar-refractivity contribution in [1.29, 1.82) is 0 Å². The Morgan fingerprint density at radius 3 is 1.47 bits per heavy atom. The minimum absolute atomic E-state index is 0.900. The molecule has 0 spiro atoms. The Labute approximate surface area is 99.1 Å². The fraction of sp³-hybridized carbons (Fsp3) is 1.00. The molecule has 0 aliphatic heterocycles. The summed E-state index contributed by atoms with van der Waals surface area (Å²) in [6, 6.07) is 1.80. The van der Waals surface area contributed by atoms with E-state index in [9.17, 15) is 0 Å². The van der Waals surface area contributed by atoms with Gasteiger partial charge in [0.05, 0.1) is 0 Å². The van der Waals surface area contributed by atoms with Gasteiger partial charge in [-0.15, -0.1) is 0 Å². The monoisotopic (exact) mass is 227 g/mol. The highest BCUT2D eigenvalue weighted by Gasteiger charge is 2.28. The van der Waals surface area contributed by atoms with Gasteiger partial charge in [0.2, 0.25) is 0 Å². The lowest BCUT2D eigenvalue weighted by molar-refractivity contribution is 0.185. The van der Waals surface area contributed by atoms with Gasteiger partial charge in [0.25, 0.3) is 0 Å². The maximum absolute atomic E-state index is 2.76. The first-order valence-corrected chi connectivity index (χ1v) is 7.92. The molecule has 0 atom stereocenters. The largest absolute Gasteiger partial charge is 0.245 e. The summed E-state index contributed by atoms with van der Waals surface area (Å²) in [6.07, 6.45) is 16.9. The minimum atomic E-state index is 0.900. The molecule has 0 N–H and O–H groups in total. The molecule has 2 heteroatoms. The third-order valence-electron chi connectivity index (χ3n) is 4.08. The fourth-order valence-corrected chi connectivity index (χ4v) is 4.29. The molecule has 0 aromatic heterocycles. The van der Waals surface area contributed by atoms with Crippen LogP contribution in [-0.4, -0.2) is 22.6 Å². The summed E-state index contributed by atoms with van der Waals surface area (Å²) in [7, 11) is 0. The van der Waals surface area contributed by atoms with E-state index in [2.05, 4.69) is 10.6 Å². The average molecular weight is 227 g/mol. The van der Waals surface area contributed by atoms with E-state index in [0.717, 1.165) is 12.1 Å². The topological polar surface area (TPSA) is 3.24 Å². The molecule has 1 nitrogen and oxygen atoms in total. The van der Waals surface area contributed by atoms with Crippen LogP contribution < -0.4 is 0 Å². The van der Waals surface area contributed by atoms with Gasteiger partial charge in [0, 0.05) is 12.1 Å². The fourth-order valence-electron chi connectivity index (χ4n) is 3.27. The average Bonchev–Trinajstić information content (AvgIpc) is 2.33. The second kappa shape index (κ2) is 6.15. The van der Waals surface area contributed by atoms with Crippen LogP contribution in [0.15, 0.2) is 0 Å². The first-order chi connectivity index (χ1) is 7.42. The first kappa shape index (κ1) is 11.8. The van der Waals surface area contributed by atoms with E-state index in [-0.39, 0.29) is 0 Å². The normalized spacial score (nSPS) is 26.0. The van der Waals surface area contributed by atoms with Gasteiger partial charge in [-0.3, -0.25) is 0 Å². The SMILES string of the molecule is CSN(C1CCCCC1)C1CCCCC1. The lowest BCUT2D eigenvalue weighted by Crippen LogP contribution is -2.40. The summed E-state index contributed by atoms with van der Waals surface area (Å²) in [5, 5.41) is 0. The molecule has 0 saturated heterocycles.